The zero-order valence-corrected chi connectivity index (χ0v) is 17.8. The van der Waals surface area contributed by atoms with E-state index in [1.54, 1.807) is 11.6 Å². The van der Waals surface area contributed by atoms with Crippen molar-refractivity contribution in [2.24, 2.45) is 0 Å². The van der Waals surface area contributed by atoms with E-state index in [0.717, 1.165) is 47.7 Å². The minimum atomic E-state index is -0.0145. The van der Waals surface area contributed by atoms with Crippen LogP contribution in [0.1, 0.15) is 47.2 Å². The van der Waals surface area contributed by atoms with Gasteiger partial charge < -0.3 is 9.64 Å². The van der Waals surface area contributed by atoms with Crippen molar-refractivity contribution in [1.29, 1.82) is 0 Å². The van der Waals surface area contributed by atoms with E-state index in [0.29, 0.717) is 23.5 Å². The molecule has 2 aromatic heterocycles. The Bertz CT molecular complexity index is 1260. The maximum Gasteiger partial charge on any atom is 0.258 e. The van der Waals surface area contributed by atoms with Gasteiger partial charge in [-0.1, -0.05) is 43.2 Å². The third-order valence-corrected chi connectivity index (χ3v) is 6.27. The molecule has 1 fully saturated rings. The first-order valence-corrected chi connectivity index (χ1v) is 10.7. The van der Waals surface area contributed by atoms with Gasteiger partial charge in [-0.25, -0.2) is 0 Å². The molecule has 1 amide bonds. The SMILES string of the molecule is COc1ccccc1C(=O)N(Cc1cc2cccc(C)c2n2nnnc12)C1CCCC1. The molecule has 1 saturated carbocycles. The van der Waals surface area contributed by atoms with E-state index >= 15 is 0 Å². The highest BCUT2D eigenvalue weighted by Crippen LogP contribution is 2.30. The zero-order valence-electron chi connectivity index (χ0n) is 17.8. The van der Waals surface area contributed by atoms with Crippen molar-refractivity contribution in [3.05, 3.63) is 65.2 Å². The molecule has 7 nitrogen and oxygen atoms in total. The fraction of sp³-hybridized carbons (Fsp3) is 0.333. The van der Waals surface area contributed by atoms with Gasteiger partial charge >= 0.3 is 0 Å². The molecule has 0 atom stereocenters. The van der Waals surface area contributed by atoms with E-state index in [1.807, 2.05) is 35.2 Å². The Morgan fingerprint density at radius 1 is 1.16 bits per heavy atom. The summed E-state index contributed by atoms with van der Waals surface area (Å²) in [6.07, 6.45) is 4.29. The molecule has 0 N–H and O–H groups in total. The molecule has 158 valence electrons. The topological polar surface area (TPSA) is 72.6 Å². The minimum absolute atomic E-state index is 0.0145. The summed E-state index contributed by atoms with van der Waals surface area (Å²) in [4.78, 5) is 15.7. The number of tetrazole rings is 1. The van der Waals surface area contributed by atoms with E-state index in [9.17, 15) is 4.79 Å². The highest BCUT2D eigenvalue weighted by molar-refractivity contribution is 5.97. The molecule has 0 radical (unpaired) electrons. The molecule has 0 saturated heterocycles. The van der Waals surface area contributed by atoms with Gasteiger partial charge in [-0.3, -0.25) is 4.79 Å². The van der Waals surface area contributed by atoms with Crippen LogP contribution in [0.5, 0.6) is 5.75 Å². The number of carbonyl (C=O) groups is 1. The summed E-state index contributed by atoms with van der Waals surface area (Å²) >= 11 is 0. The Morgan fingerprint density at radius 3 is 2.77 bits per heavy atom. The molecule has 5 rings (SSSR count). The van der Waals surface area contributed by atoms with Crippen molar-refractivity contribution < 1.29 is 9.53 Å². The molecular weight excluding hydrogens is 390 g/mol. The van der Waals surface area contributed by atoms with Crippen LogP contribution in [-0.4, -0.2) is 44.0 Å². The second-order valence-electron chi connectivity index (χ2n) is 8.17. The monoisotopic (exact) mass is 415 g/mol. The predicted octanol–water partition coefficient (Wildman–Crippen LogP) is 4.18. The van der Waals surface area contributed by atoms with E-state index in [2.05, 4.69) is 40.6 Å². The lowest BCUT2D eigenvalue weighted by molar-refractivity contribution is 0.0662. The molecule has 0 spiro atoms. The number of fused-ring (bicyclic) bond motifs is 3. The van der Waals surface area contributed by atoms with Gasteiger partial charge in [-0.15, -0.1) is 5.10 Å². The number of aryl methyl sites for hydroxylation is 1. The molecule has 0 bridgehead atoms. The van der Waals surface area contributed by atoms with Crippen molar-refractivity contribution in [3.8, 4) is 5.75 Å². The molecule has 7 heteroatoms. The maximum atomic E-state index is 13.7. The first-order chi connectivity index (χ1) is 15.2. The lowest BCUT2D eigenvalue weighted by Gasteiger charge is -2.30. The van der Waals surface area contributed by atoms with Crippen molar-refractivity contribution in [2.75, 3.05) is 7.11 Å². The number of aromatic nitrogens is 4. The van der Waals surface area contributed by atoms with Gasteiger partial charge in [0.15, 0.2) is 5.65 Å². The quantitative estimate of drug-likeness (QED) is 0.489. The molecule has 31 heavy (non-hydrogen) atoms. The molecule has 1 aliphatic carbocycles. The predicted molar refractivity (Wildman–Crippen MR) is 118 cm³/mol. The van der Waals surface area contributed by atoms with Crippen molar-refractivity contribution in [2.45, 2.75) is 45.2 Å². The first kappa shape index (κ1) is 19.5. The van der Waals surface area contributed by atoms with Crippen LogP contribution in [0.15, 0.2) is 48.5 Å². The van der Waals surface area contributed by atoms with Gasteiger partial charge in [0.2, 0.25) is 0 Å². The highest BCUT2D eigenvalue weighted by atomic mass is 16.5. The Labute approximate surface area is 180 Å². The first-order valence-electron chi connectivity index (χ1n) is 10.7. The molecule has 0 unspecified atom stereocenters. The van der Waals surface area contributed by atoms with Gasteiger partial charge in [0.1, 0.15) is 5.75 Å². The third-order valence-electron chi connectivity index (χ3n) is 6.27. The summed E-state index contributed by atoms with van der Waals surface area (Å²) < 4.78 is 7.27. The number of methoxy groups -OCH3 is 1. The summed E-state index contributed by atoms with van der Waals surface area (Å²) in [5.41, 5.74) is 4.33. The minimum Gasteiger partial charge on any atom is -0.496 e. The average Bonchev–Trinajstić information content (AvgIpc) is 3.49. The molecular formula is C24H25N5O2. The van der Waals surface area contributed by atoms with Crippen molar-refractivity contribution in [1.82, 2.24) is 24.9 Å². The van der Waals surface area contributed by atoms with Crippen LogP contribution in [0.4, 0.5) is 0 Å². The molecule has 2 heterocycles. The average molecular weight is 415 g/mol. The maximum absolute atomic E-state index is 13.7. The number of para-hydroxylation sites is 2. The van der Waals surface area contributed by atoms with Gasteiger partial charge in [-0.05, 0) is 54.0 Å². The Hall–Kier alpha value is -3.48. The number of hydrogen-bond donors (Lipinski definition) is 0. The van der Waals surface area contributed by atoms with Gasteiger partial charge in [-0.2, -0.15) is 4.52 Å². The van der Waals surface area contributed by atoms with Crippen LogP contribution in [0.3, 0.4) is 0 Å². The summed E-state index contributed by atoms with van der Waals surface area (Å²) in [6.45, 7) is 2.51. The second-order valence-corrected chi connectivity index (χ2v) is 8.17. The number of benzene rings is 2. The highest BCUT2D eigenvalue weighted by Gasteiger charge is 2.30. The fourth-order valence-corrected chi connectivity index (χ4v) is 4.74. The molecule has 1 aliphatic rings. The number of rotatable bonds is 5. The Morgan fingerprint density at radius 2 is 1.97 bits per heavy atom. The van der Waals surface area contributed by atoms with E-state index in [1.165, 1.54) is 0 Å². The zero-order chi connectivity index (χ0) is 21.4. The number of hydrogen-bond acceptors (Lipinski definition) is 5. The van der Waals surface area contributed by atoms with Crippen LogP contribution in [0.25, 0.3) is 16.6 Å². The lowest BCUT2D eigenvalue weighted by Crippen LogP contribution is -2.38. The van der Waals surface area contributed by atoms with Crippen molar-refractivity contribution in [3.63, 3.8) is 0 Å². The van der Waals surface area contributed by atoms with Crippen LogP contribution in [0, 0.1) is 6.92 Å². The largest absolute Gasteiger partial charge is 0.496 e. The molecule has 2 aromatic carbocycles. The van der Waals surface area contributed by atoms with Crippen LogP contribution in [-0.2, 0) is 6.54 Å². The summed E-state index contributed by atoms with van der Waals surface area (Å²) in [5.74, 6) is 0.582. The van der Waals surface area contributed by atoms with Gasteiger partial charge in [0.05, 0.1) is 24.7 Å². The number of ether oxygens (including phenoxy) is 1. The normalized spacial score (nSPS) is 14.4. The number of pyridine rings is 1. The fourth-order valence-electron chi connectivity index (χ4n) is 4.74. The third kappa shape index (κ3) is 3.40. The molecule has 0 aliphatic heterocycles. The van der Waals surface area contributed by atoms with Crippen LogP contribution in [0.2, 0.25) is 0 Å². The Kier molecular flexibility index (Phi) is 5.02. The second kappa shape index (κ2) is 7.98. The Balaban J connectivity index is 1.61. The van der Waals surface area contributed by atoms with E-state index in [4.69, 9.17) is 4.74 Å². The van der Waals surface area contributed by atoms with E-state index < -0.39 is 0 Å². The van der Waals surface area contributed by atoms with Crippen molar-refractivity contribution >= 4 is 22.5 Å². The van der Waals surface area contributed by atoms with Gasteiger partial charge in [0, 0.05) is 17.0 Å². The summed E-state index contributed by atoms with van der Waals surface area (Å²) in [7, 11) is 1.60. The van der Waals surface area contributed by atoms with E-state index in [-0.39, 0.29) is 11.9 Å². The smallest absolute Gasteiger partial charge is 0.258 e. The number of nitrogens with zero attached hydrogens (tertiary/aromatic N) is 5. The lowest BCUT2D eigenvalue weighted by atomic mass is 10.1. The van der Waals surface area contributed by atoms with Gasteiger partial charge in [0.25, 0.3) is 5.91 Å². The number of amides is 1. The van der Waals surface area contributed by atoms with Crippen LogP contribution < -0.4 is 4.74 Å². The standard InChI is InChI=1S/C24H25N5O2/c1-16-8-7-9-17-14-18(23-25-26-27-29(23)22(16)17)15-28(19-10-3-4-11-19)24(30)20-12-5-6-13-21(20)31-2/h5-9,12-14,19H,3-4,10-11,15H2,1-2H3. The molecule has 4 aromatic rings. The summed E-state index contributed by atoms with van der Waals surface area (Å²) in [6, 6.07) is 15.9. The number of carbonyl (C=O) groups excluding carboxylic acids is 1. The van der Waals surface area contributed by atoms with Crippen LogP contribution >= 0.6 is 0 Å². The summed E-state index contributed by atoms with van der Waals surface area (Å²) in [5, 5.41) is 13.5.